The number of ether oxygens (including phenoxy) is 2. The number of nitrogens with one attached hydrogen (secondary N) is 1. The normalized spacial score (nSPS) is 17.1. The number of phenols is 2. The second-order valence-corrected chi connectivity index (χ2v) is 12.9. The summed E-state index contributed by atoms with van der Waals surface area (Å²) in [5.41, 5.74) is 2.36. The number of aromatic hydroxyl groups is 2. The van der Waals surface area contributed by atoms with Crippen LogP contribution in [0.15, 0.2) is 119 Å². The fourth-order valence-corrected chi connectivity index (χ4v) is 7.72. The van der Waals surface area contributed by atoms with E-state index in [1.54, 1.807) is 18.2 Å². The standard InChI is InChI=1S/C35H30N2O8S2/c38-24-14-15-28(27(39)16-24)46-19-23-20-47-34-30(33(41)37(34)31(23)35(42)43)36-29(40)18-44-25-12-7-13-26(17-25)45-32(21-8-3-1-4-9-21)22-10-5-2-6-11-22/h1-17,30,32,34,38-39H,18-20H2,(H,36,40)(H,42,43)/t30?,34-/m0/s1. The molecule has 1 fully saturated rings. The molecule has 240 valence electrons. The Morgan fingerprint density at radius 3 is 2.26 bits per heavy atom. The third-order valence-electron chi connectivity index (χ3n) is 7.54. The van der Waals surface area contributed by atoms with Gasteiger partial charge in [0, 0.05) is 28.5 Å². The largest absolute Gasteiger partial charge is 0.508 e. The summed E-state index contributed by atoms with van der Waals surface area (Å²) in [6, 6.07) is 29.9. The van der Waals surface area contributed by atoms with Gasteiger partial charge in [0.25, 0.3) is 11.8 Å². The van der Waals surface area contributed by atoms with Crippen molar-refractivity contribution in [3.05, 3.63) is 126 Å². The van der Waals surface area contributed by atoms with Crippen LogP contribution >= 0.6 is 23.5 Å². The number of thioether (sulfide) groups is 2. The van der Waals surface area contributed by atoms with Gasteiger partial charge >= 0.3 is 5.97 Å². The number of hydrogen-bond donors (Lipinski definition) is 4. The Morgan fingerprint density at radius 1 is 0.915 bits per heavy atom. The van der Waals surface area contributed by atoms with E-state index in [-0.39, 0.29) is 35.7 Å². The third-order valence-corrected chi connectivity index (χ3v) is 10.0. The van der Waals surface area contributed by atoms with Gasteiger partial charge in [-0.25, -0.2) is 4.79 Å². The van der Waals surface area contributed by atoms with Gasteiger partial charge in [-0.05, 0) is 41.0 Å². The highest BCUT2D eigenvalue weighted by Gasteiger charge is 2.54. The molecule has 2 amide bonds. The van der Waals surface area contributed by atoms with E-state index in [0.717, 1.165) is 11.1 Å². The topological polar surface area (TPSA) is 146 Å². The van der Waals surface area contributed by atoms with Crippen LogP contribution in [0.2, 0.25) is 0 Å². The third kappa shape index (κ3) is 7.18. The Labute approximate surface area is 279 Å². The van der Waals surface area contributed by atoms with Crippen molar-refractivity contribution < 1.29 is 39.2 Å². The van der Waals surface area contributed by atoms with Crippen molar-refractivity contribution in [1.82, 2.24) is 10.2 Å². The molecule has 6 rings (SSSR count). The molecule has 0 bridgehead atoms. The van der Waals surface area contributed by atoms with E-state index in [1.807, 2.05) is 66.7 Å². The molecule has 1 unspecified atom stereocenters. The first-order valence-corrected chi connectivity index (χ1v) is 16.7. The lowest BCUT2D eigenvalue weighted by Gasteiger charge is -2.49. The Bertz CT molecular complexity index is 1780. The first-order valence-electron chi connectivity index (χ1n) is 14.6. The Balaban J connectivity index is 1.06. The minimum atomic E-state index is -1.24. The van der Waals surface area contributed by atoms with Gasteiger partial charge in [-0.1, -0.05) is 66.7 Å². The molecule has 0 spiro atoms. The monoisotopic (exact) mass is 670 g/mol. The SMILES string of the molecule is O=C(COc1cccc(OC(c2ccccc2)c2ccccc2)c1)NC1C(=O)N2C(C(=O)O)=C(CSc3ccc(O)cc3O)CS[C@@H]12. The van der Waals surface area contributed by atoms with Crippen LogP contribution in [0.4, 0.5) is 0 Å². The molecule has 2 heterocycles. The molecule has 1 saturated heterocycles. The summed E-state index contributed by atoms with van der Waals surface area (Å²) in [7, 11) is 0. The van der Waals surface area contributed by atoms with Crippen molar-refractivity contribution >= 4 is 41.3 Å². The number of nitrogens with zero attached hydrogens (tertiary/aromatic N) is 1. The number of carboxylic acid groups (broad SMARTS) is 1. The molecule has 4 aromatic rings. The van der Waals surface area contributed by atoms with Crippen LogP contribution in [0.1, 0.15) is 17.2 Å². The number of phenolic OH excluding ortho intramolecular Hbond substituents is 2. The van der Waals surface area contributed by atoms with Crippen LogP contribution in [0.25, 0.3) is 0 Å². The molecule has 10 nitrogen and oxygen atoms in total. The summed E-state index contributed by atoms with van der Waals surface area (Å²) in [5.74, 6) is -1.00. The molecule has 12 heteroatoms. The number of fused-ring (bicyclic) bond motifs is 1. The number of β-lactam (4-membered cyclic amide) rings is 1. The molecule has 2 aliphatic heterocycles. The molecule has 0 aromatic heterocycles. The van der Waals surface area contributed by atoms with Crippen LogP contribution < -0.4 is 14.8 Å². The predicted octanol–water partition coefficient (Wildman–Crippen LogP) is 5.18. The molecule has 0 radical (unpaired) electrons. The van der Waals surface area contributed by atoms with Crippen molar-refractivity contribution in [1.29, 1.82) is 0 Å². The van der Waals surface area contributed by atoms with E-state index in [2.05, 4.69) is 5.32 Å². The number of carboxylic acids is 1. The molecule has 2 aliphatic rings. The van der Waals surface area contributed by atoms with Gasteiger partial charge in [-0.3, -0.25) is 14.5 Å². The van der Waals surface area contributed by atoms with Crippen LogP contribution in [0.5, 0.6) is 23.0 Å². The van der Waals surface area contributed by atoms with E-state index < -0.39 is 29.2 Å². The Hall–Kier alpha value is -5.07. The smallest absolute Gasteiger partial charge is 0.352 e. The minimum absolute atomic E-state index is 0.0867. The molecule has 47 heavy (non-hydrogen) atoms. The Kier molecular flexibility index (Phi) is 9.60. The molecule has 0 saturated carbocycles. The van der Waals surface area contributed by atoms with Gasteiger partial charge in [0.05, 0.1) is 0 Å². The highest BCUT2D eigenvalue weighted by Crippen LogP contribution is 2.42. The lowest BCUT2D eigenvalue weighted by Crippen LogP contribution is -2.70. The first-order chi connectivity index (χ1) is 22.8. The maximum atomic E-state index is 13.1. The summed E-state index contributed by atoms with van der Waals surface area (Å²) in [6.45, 7) is -0.356. The van der Waals surface area contributed by atoms with Gasteiger partial charge in [-0.15, -0.1) is 23.5 Å². The summed E-state index contributed by atoms with van der Waals surface area (Å²) in [4.78, 5) is 39.8. The average molecular weight is 671 g/mol. The molecule has 4 N–H and O–H groups in total. The summed E-state index contributed by atoms with van der Waals surface area (Å²) in [5, 5.41) is 31.7. The van der Waals surface area contributed by atoms with Crippen molar-refractivity contribution in [2.45, 2.75) is 22.4 Å². The fourth-order valence-electron chi connectivity index (χ4n) is 5.31. The maximum Gasteiger partial charge on any atom is 0.352 e. The van der Waals surface area contributed by atoms with E-state index in [1.165, 1.54) is 46.6 Å². The van der Waals surface area contributed by atoms with Crippen LogP contribution in [-0.4, -0.2) is 67.5 Å². The van der Waals surface area contributed by atoms with Gasteiger partial charge in [0.1, 0.15) is 46.2 Å². The summed E-state index contributed by atoms with van der Waals surface area (Å²) in [6.07, 6.45) is -0.361. The first kappa shape index (κ1) is 31.9. The highest BCUT2D eigenvalue weighted by atomic mass is 32.2. The molecular formula is C35H30N2O8S2. The quantitative estimate of drug-likeness (QED) is 0.118. The van der Waals surface area contributed by atoms with Crippen LogP contribution in [0, 0.1) is 0 Å². The molecule has 0 aliphatic carbocycles. The van der Waals surface area contributed by atoms with Crippen molar-refractivity contribution in [2.24, 2.45) is 0 Å². The van der Waals surface area contributed by atoms with E-state index in [0.29, 0.717) is 27.7 Å². The molecular weight excluding hydrogens is 641 g/mol. The number of benzene rings is 4. The second-order valence-electron chi connectivity index (χ2n) is 10.7. The number of amides is 2. The van der Waals surface area contributed by atoms with Crippen molar-refractivity contribution in [2.75, 3.05) is 18.1 Å². The average Bonchev–Trinajstić information content (AvgIpc) is 3.08. The molecule has 2 atom stereocenters. The van der Waals surface area contributed by atoms with Gasteiger partial charge in [-0.2, -0.15) is 0 Å². The number of carbonyl (C=O) groups excluding carboxylic acids is 2. The minimum Gasteiger partial charge on any atom is -0.508 e. The van der Waals surface area contributed by atoms with Gasteiger partial charge in [0.2, 0.25) is 0 Å². The van der Waals surface area contributed by atoms with Crippen molar-refractivity contribution in [3.63, 3.8) is 0 Å². The lowest BCUT2D eigenvalue weighted by molar-refractivity contribution is -0.150. The van der Waals surface area contributed by atoms with Crippen LogP contribution in [-0.2, 0) is 14.4 Å². The predicted molar refractivity (Wildman–Crippen MR) is 177 cm³/mol. The summed E-state index contributed by atoms with van der Waals surface area (Å²) >= 11 is 2.55. The zero-order valence-corrected chi connectivity index (χ0v) is 26.4. The van der Waals surface area contributed by atoms with Gasteiger partial charge in [0.15, 0.2) is 6.61 Å². The van der Waals surface area contributed by atoms with Gasteiger partial charge < -0.3 is 30.1 Å². The lowest BCUT2D eigenvalue weighted by atomic mass is 10.0. The maximum absolute atomic E-state index is 13.1. The van der Waals surface area contributed by atoms with E-state index in [4.69, 9.17) is 9.47 Å². The van der Waals surface area contributed by atoms with Crippen molar-refractivity contribution in [3.8, 4) is 23.0 Å². The zero-order chi connectivity index (χ0) is 32.9. The van der Waals surface area contributed by atoms with Crippen LogP contribution in [0.3, 0.4) is 0 Å². The number of carbonyl (C=O) groups is 3. The van der Waals surface area contributed by atoms with E-state index in [9.17, 15) is 29.7 Å². The second kappa shape index (κ2) is 14.1. The summed E-state index contributed by atoms with van der Waals surface area (Å²) < 4.78 is 12.1. The number of rotatable bonds is 12. The molecule has 4 aromatic carbocycles. The van der Waals surface area contributed by atoms with E-state index >= 15 is 0 Å². The highest BCUT2D eigenvalue weighted by molar-refractivity contribution is 8.01. The Morgan fingerprint density at radius 2 is 1.60 bits per heavy atom. The fraction of sp³-hybridized carbons (Fsp3) is 0.171. The zero-order valence-electron chi connectivity index (χ0n) is 24.8. The number of hydrogen-bond acceptors (Lipinski definition) is 9. The number of aliphatic carboxylic acids is 1.